The molecule has 33 heavy (non-hydrogen) atoms. The molecule has 182 valence electrons. The molecule has 0 unspecified atom stereocenters. The van der Waals surface area contributed by atoms with Crippen molar-refractivity contribution >= 4 is 18.0 Å². The highest BCUT2D eigenvalue weighted by Gasteiger charge is 2.71. The van der Waals surface area contributed by atoms with E-state index in [0.717, 1.165) is 49.5 Å². The van der Waals surface area contributed by atoms with Crippen molar-refractivity contribution in [3.05, 3.63) is 11.1 Å². The Kier molecular flexibility index (Phi) is 5.29. The van der Waals surface area contributed by atoms with Crippen LogP contribution in [0.25, 0.3) is 0 Å². The van der Waals surface area contributed by atoms with Gasteiger partial charge in [0.05, 0.1) is 11.5 Å². The number of ketones is 1. The van der Waals surface area contributed by atoms with E-state index in [0.29, 0.717) is 31.1 Å². The second-order valence-corrected chi connectivity index (χ2v) is 12.6. The van der Waals surface area contributed by atoms with Crippen molar-refractivity contribution < 1.29 is 24.2 Å². The second kappa shape index (κ2) is 7.50. The van der Waals surface area contributed by atoms with Crippen molar-refractivity contribution in [3.63, 3.8) is 0 Å². The van der Waals surface area contributed by atoms with Crippen LogP contribution in [0.4, 0.5) is 0 Å². The topological polar surface area (TPSA) is 80.7 Å². The summed E-state index contributed by atoms with van der Waals surface area (Å²) in [6.07, 6.45) is 6.64. The van der Waals surface area contributed by atoms with Crippen molar-refractivity contribution in [2.45, 2.75) is 98.2 Å². The van der Waals surface area contributed by atoms with Crippen LogP contribution in [0.5, 0.6) is 0 Å². The van der Waals surface area contributed by atoms with Crippen LogP contribution in [0.2, 0.25) is 0 Å². The van der Waals surface area contributed by atoms with Gasteiger partial charge in [-0.05, 0) is 87.4 Å². The number of fused-ring (bicyclic) bond motifs is 5. The van der Waals surface area contributed by atoms with E-state index in [-0.39, 0.29) is 41.0 Å². The first-order valence-electron chi connectivity index (χ1n) is 13.1. The molecule has 0 aromatic heterocycles. The van der Waals surface area contributed by atoms with E-state index >= 15 is 0 Å². The SMILES string of the molecule is CC1=C(C)C(=O)O[C@@H]([C@@H](C)[C@H]2CC[C@H]3[C@@H]4C[C@@H](O)[C@]5(C=O)CCC(=O)[C@]5(C)[C@H]4CC[C@]23C)C1. The van der Waals surface area contributed by atoms with Gasteiger partial charge in [0.25, 0.3) is 0 Å². The van der Waals surface area contributed by atoms with Crippen LogP contribution in [0.15, 0.2) is 11.1 Å². The van der Waals surface area contributed by atoms with Crippen LogP contribution in [0.1, 0.15) is 86.0 Å². The molecule has 10 atom stereocenters. The maximum absolute atomic E-state index is 13.2. The van der Waals surface area contributed by atoms with Gasteiger partial charge in [0, 0.05) is 23.8 Å². The number of hydrogen-bond acceptors (Lipinski definition) is 5. The number of ether oxygens (including phenoxy) is 1. The van der Waals surface area contributed by atoms with E-state index < -0.39 is 16.9 Å². The molecule has 1 aliphatic heterocycles. The summed E-state index contributed by atoms with van der Waals surface area (Å²) in [6.45, 7) is 10.6. The zero-order valence-corrected chi connectivity index (χ0v) is 20.9. The molecular formula is C28H40O5. The highest BCUT2D eigenvalue weighted by Crippen LogP contribution is 2.71. The molecule has 0 radical (unpaired) electrons. The zero-order valence-electron chi connectivity index (χ0n) is 20.9. The van der Waals surface area contributed by atoms with Crippen LogP contribution in [-0.4, -0.2) is 35.4 Å². The standard InChI is InChI=1S/C28H40O5/c1-15-12-22(33-25(32)16(15)2)17(3)19-6-7-20-18-13-24(31)28(14-29)11-9-23(30)27(28,5)21(18)8-10-26(19,20)4/h14,17-22,24,31H,6-13H2,1-5H3/t17-,18-,19+,20-,21-,22+,24+,26+,27-,28+/m0/s1. The number of cyclic esters (lactones) is 1. The summed E-state index contributed by atoms with van der Waals surface area (Å²) >= 11 is 0. The van der Waals surface area contributed by atoms with Crippen LogP contribution < -0.4 is 0 Å². The molecule has 0 spiro atoms. The third-order valence-corrected chi connectivity index (χ3v) is 11.8. The number of aldehydes is 1. The van der Waals surface area contributed by atoms with Crippen molar-refractivity contribution in [2.75, 3.05) is 0 Å². The lowest BCUT2D eigenvalue weighted by Gasteiger charge is -2.61. The van der Waals surface area contributed by atoms with E-state index in [1.54, 1.807) is 0 Å². The summed E-state index contributed by atoms with van der Waals surface area (Å²) in [4.78, 5) is 37.9. The Morgan fingerprint density at radius 2 is 1.82 bits per heavy atom. The zero-order chi connectivity index (χ0) is 23.9. The number of carbonyl (C=O) groups excluding carboxylic acids is 3. The lowest BCUT2D eigenvalue weighted by atomic mass is 9.43. The first kappa shape index (κ1) is 23.3. The molecule has 0 amide bonds. The first-order chi connectivity index (χ1) is 15.5. The van der Waals surface area contributed by atoms with Gasteiger partial charge in [-0.25, -0.2) is 4.79 Å². The average molecular weight is 457 g/mol. The van der Waals surface area contributed by atoms with Crippen LogP contribution in [-0.2, 0) is 19.1 Å². The number of rotatable bonds is 3. The van der Waals surface area contributed by atoms with Gasteiger partial charge in [-0.1, -0.05) is 26.3 Å². The fourth-order valence-electron chi connectivity index (χ4n) is 9.58. The minimum atomic E-state index is -0.900. The second-order valence-electron chi connectivity index (χ2n) is 12.6. The number of aliphatic hydroxyl groups is 1. The van der Waals surface area contributed by atoms with Gasteiger partial charge < -0.3 is 14.6 Å². The highest BCUT2D eigenvalue weighted by molar-refractivity contribution is 5.93. The lowest BCUT2D eigenvalue weighted by molar-refractivity contribution is -0.186. The van der Waals surface area contributed by atoms with Gasteiger partial charge >= 0.3 is 5.97 Å². The summed E-state index contributed by atoms with van der Waals surface area (Å²) in [7, 11) is 0. The van der Waals surface area contributed by atoms with Crippen molar-refractivity contribution in [1.82, 2.24) is 0 Å². The Labute approximate surface area is 197 Å². The van der Waals surface area contributed by atoms with Crippen molar-refractivity contribution in [1.29, 1.82) is 0 Å². The van der Waals surface area contributed by atoms with E-state index in [2.05, 4.69) is 13.8 Å². The van der Waals surface area contributed by atoms with Gasteiger partial charge in [0.2, 0.25) is 0 Å². The number of Topliss-reactive ketones (excluding diaryl/α,β-unsaturated/α-hetero) is 1. The van der Waals surface area contributed by atoms with Gasteiger partial charge in [-0.3, -0.25) is 4.79 Å². The Bertz CT molecular complexity index is 921. The molecule has 4 fully saturated rings. The van der Waals surface area contributed by atoms with Crippen LogP contribution in [0.3, 0.4) is 0 Å². The molecule has 0 saturated heterocycles. The molecule has 5 aliphatic rings. The molecule has 5 rings (SSSR count). The van der Waals surface area contributed by atoms with Crippen molar-refractivity contribution in [2.24, 2.45) is 45.8 Å². The molecule has 4 saturated carbocycles. The predicted octanol–water partition coefficient (Wildman–Crippen LogP) is 4.65. The molecule has 0 aromatic carbocycles. The summed E-state index contributed by atoms with van der Waals surface area (Å²) in [5, 5.41) is 11.3. The third kappa shape index (κ3) is 2.84. The number of esters is 1. The summed E-state index contributed by atoms with van der Waals surface area (Å²) in [5.41, 5.74) is 0.359. The van der Waals surface area contributed by atoms with Gasteiger partial charge in [0.1, 0.15) is 18.2 Å². The summed E-state index contributed by atoms with van der Waals surface area (Å²) < 4.78 is 5.89. The molecular weight excluding hydrogens is 416 g/mol. The molecule has 0 aromatic rings. The van der Waals surface area contributed by atoms with E-state index in [1.165, 1.54) is 0 Å². The lowest BCUT2D eigenvalue weighted by Crippen LogP contribution is -2.62. The van der Waals surface area contributed by atoms with Gasteiger partial charge in [0.15, 0.2) is 0 Å². The smallest absolute Gasteiger partial charge is 0.333 e. The maximum Gasteiger partial charge on any atom is 0.333 e. The molecule has 5 nitrogen and oxygen atoms in total. The largest absolute Gasteiger partial charge is 0.458 e. The van der Waals surface area contributed by atoms with E-state index in [1.807, 2.05) is 20.8 Å². The molecule has 1 N–H and O–H groups in total. The molecule has 5 heteroatoms. The minimum Gasteiger partial charge on any atom is -0.458 e. The minimum absolute atomic E-state index is 0.0758. The third-order valence-electron chi connectivity index (χ3n) is 11.8. The Hall–Kier alpha value is -1.49. The van der Waals surface area contributed by atoms with Gasteiger partial charge in [-0.2, -0.15) is 0 Å². The Morgan fingerprint density at radius 3 is 2.48 bits per heavy atom. The number of hydrogen-bond donors (Lipinski definition) is 1. The normalized spacial score (nSPS) is 50.4. The first-order valence-corrected chi connectivity index (χ1v) is 13.1. The fraction of sp³-hybridized carbons (Fsp3) is 0.821. The van der Waals surface area contributed by atoms with E-state index in [9.17, 15) is 19.5 Å². The predicted molar refractivity (Wildman–Crippen MR) is 124 cm³/mol. The summed E-state index contributed by atoms with van der Waals surface area (Å²) in [6, 6.07) is 0. The maximum atomic E-state index is 13.2. The quantitative estimate of drug-likeness (QED) is 0.494. The molecule has 4 aliphatic carbocycles. The van der Waals surface area contributed by atoms with E-state index in [4.69, 9.17) is 4.74 Å². The monoisotopic (exact) mass is 456 g/mol. The van der Waals surface area contributed by atoms with Crippen molar-refractivity contribution in [3.8, 4) is 0 Å². The number of carbonyl (C=O) groups is 3. The number of aliphatic hydroxyl groups excluding tert-OH is 1. The Morgan fingerprint density at radius 1 is 1.09 bits per heavy atom. The highest BCUT2D eigenvalue weighted by atomic mass is 16.5. The van der Waals surface area contributed by atoms with Gasteiger partial charge in [-0.15, -0.1) is 0 Å². The van der Waals surface area contributed by atoms with Crippen LogP contribution >= 0.6 is 0 Å². The van der Waals surface area contributed by atoms with Crippen LogP contribution in [0, 0.1) is 45.8 Å². The molecule has 0 bridgehead atoms. The summed E-state index contributed by atoms with van der Waals surface area (Å²) in [5.74, 6) is 1.62. The Balaban J connectivity index is 1.43. The fourth-order valence-corrected chi connectivity index (χ4v) is 9.58. The molecule has 1 heterocycles. The average Bonchev–Trinajstić information content (AvgIpc) is 3.27.